The van der Waals surface area contributed by atoms with E-state index in [1.807, 2.05) is 6.08 Å². The number of carbonyl (C=O) groups is 1. The first kappa shape index (κ1) is 79.5. The average molecular weight is 1150 g/mol. The van der Waals surface area contributed by atoms with Crippen LogP contribution in [0, 0.1) is 0 Å². The van der Waals surface area contributed by atoms with Crippen molar-refractivity contribution in [2.24, 2.45) is 0 Å². The highest BCUT2D eigenvalue weighted by molar-refractivity contribution is 5.76. The minimum Gasteiger partial charge on any atom is -0.394 e. The number of aliphatic hydroxyl groups is 2. The third-order valence-electron chi connectivity index (χ3n) is 15.8. The van der Waals surface area contributed by atoms with Gasteiger partial charge in [-0.1, -0.05) is 359 Å². The van der Waals surface area contributed by atoms with Crippen molar-refractivity contribution < 1.29 is 15.0 Å². The fourth-order valence-electron chi connectivity index (χ4n) is 10.5. The average Bonchev–Trinajstić information content (AvgIpc) is 3.51. The summed E-state index contributed by atoms with van der Waals surface area (Å²) >= 11 is 0. The van der Waals surface area contributed by atoms with E-state index < -0.39 is 12.1 Å². The first-order chi connectivity index (χ1) is 41.2. The molecule has 0 spiro atoms. The number of rotatable bonds is 65. The van der Waals surface area contributed by atoms with Crippen LogP contribution < -0.4 is 5.32 Å². The standard InChI is InChI=1S/C79H137NO3/c1-3-5-7-9-11-13-15-17-19-21-23-25-27-29-31-33-35-37-38-39-40-41-42-43-45-47-49-51-53-55-57-59-61-63-65-67-69-71-73-75-79(83)80-77(76-81)78(82)74-72-70-68-66-64-62-60-58-56-54-52-50-48-46-44-36-34-32-30-28-26-24-22-20-18-16-14-12-10-8-6-4-2/h5,7,11,13,17,19,23,25,29,31,35,37,39-40,42-43,56,58,64,66,72,74,77-78,81-82H,3-4,6,8-10,12,14-16,18,20-22,24,26-28,30,32-34,36,38,41,44-55,57,59-63,65,67-71,73,75-76H2,1-2H3,(H,80,83)/b7-5-,13-11-,19-17-,25-23-,31-29-,37-35-,40-39-,43-42-,58-56+,66-64+,74-72+. The molecule has 0 aromatic rings. The summed E-state index contributed by atoms with van der Waals surface area (Å²) in [5, 5.41) is 23.3. The first-order valence-electron chi connectivity index (χ1n) is 35.9. The molecule has 0 radical (unpaired) electrons. The molecule has 2 atom stereocenters. The second-order valence-corrected chi connectivity index (χ2v) is 23.9. The molecule has 3 N–H and O–H groups in total. The molecule has 0 aliphatic rings. The zero-order valence-electron chi connectivity index (χ0n) is 54.9. The van der Waals surface area contributed by atoms with E-state index in [0.29, 0.717) is 6.42 Å². The van der Waals surface area contributed by atoms with Crippen LogP contribution in [-0.4, -0.2) is 34.9 Å². The van der Waals surface area contributed by atoms with Gasteiger partial charge in [-0.15, -0.1) is 0 Å². The second kappa shape index (κ2) is 72.8. The highest BCUT2D eigenvalue weighted by atomic mass is 16.3. The molecule has 4 heteroatoms. The predicted octanol–water partition coefficient (Wildman–Crippen LogP) is 24.9. The maximum absolute atomic E-state index is 12.5. The molecule has 0 aromatic carbocycles. The maximum Gasteiger partial charge on any atom is 0.220 e. The summed E-state index contributed by atoms with van der Waals surface area (Å²) in [5.41, 5.74) is 0. The molecule has 83 heavy (non-hydrogen) atoms. The van der Waals surface area contributed by atoms with Crippen LogP contribution in [0.1, 0.15) is 341 Å². The Kier molecular flexibility index (Phi) is 69.7. The Hall–Kier alpha value is -3.47. The lowest BCUT2D eigenvalue weighted by molar-refractivity contribution is -0.123. The highest BCUT2D eigenvalue weighted by Crippen LogP contribution is 2.17. The molecule has 0 aromatic heterocycles. The third kappa shape index (κ3) is 69.2. The molecule has 0 bridgehead atoms. The molecular weight excluding hydrogens is 1010 g/mol. The van der Waals surface area contributed by atoms with Crippen molar-refractivity contribution in [3.05, 3.63) is 134 Å². The lowest BCUT2D eigenvalue weighted by Gasteiger charge is -2.19. The lowest BCUT2D eigenvalue weighted by Crippen LogP contribution is -2.45. The third-order valence-corrected chi connectivity index (χ3v) is 15.8. The fraction of sp³-hybridized carbons (Fsp3) is 0.709. The van der Waals surface area contributed by atoms with E-state index in [1.54, 1.807) is 6.08 Å². The molecule has 0 aliphatic carbocycles. The van der Waals surface area contributed by atoms with E-state index in [2.05, 4.69) is 141 Å². The number of unbranched alkanes of at least 4 members (excludes halogenated alkanes) is 38. The summed E-state index contributed by atoms with van der Waals surface area (Å²) < 4.78 is 0. The first-order valence-corrected chi connectivity index (χ1v) is 35.9. The number of carbonyl (C=O) groups excluding carboxylic acids is 1. The van der Waals surface area contributed by atoms with E-state index >= 15 is 0 Å². The molecule has 2 unspecified atom stereocenters. The fourth-order valence-corrected chi connectivity index (χ4v) is 10.5. The normalized spacial score (nSPS) is 13.5. The summed E-state index contributed by atoms with van der Waals surface area (Å²) in [6.45, 7) is 4.20. The zero-order chi connectivity index (χ0) is 59.8. The van der Waals surface area contributed by atoms with Crippen LogP contribution in [0.4, 0.5) is 0 Å². The Bertz CT molecular complexity index is 1640. The van der Waals surface area contributed by atoms with E-state index in [0.717, 1.165) is 89.9 Å². The summed E-state index contributed by atoms with van der Waals surface area (Å²) in [4.78, 5) is 12.5. The smallest absolute Gasteiger partial charge is 0.220 e. The van der Waals surface area contributed by atoms with Crippen molar-refractivity contribution in [3.8, 4) is 0 Å². The van der Waals surface area contributed by atoms with Crippen LogP contribution >= 0.6 is 0 Å². The van der Waals surface area contributed by atoms with Crippen LogP contribution in [0.5, 0.6) is 0 Å². The molecule has 0 saturated heterocycles. The van der Waals surface area contributed by atoms with Crippen LogP contribution in [-0.2, 0) is 4.79 Å². The minimum atomic E-state index is -0.880. The lowest BCUT2D eigenvalue weighted by atomic mass is 10.0. The Morgan fingerprint density at radius 2 is 0.542 bits per heavy atom. The van der Waals surface area contributed by atoms with Crippen LogP contribution in [0.2, 0.25) is 0 Å². The number of amides is 1. The van der Waals surface area contributed by atoms with Gasteiger partial charge in [0, 0.05) is 6.42 Å². The highest BCUT2D eigenvalue weighted by Gasteiger charge is 2.18. The van der Waals surface area contributed by atoms with Gasteiger partial charge in [0.25, 0.3) is 0 Å². The van der Waals surface area contributed by atoms with Gasteiger partial charge >= 0.3 is 0 Å². The Balaban J connectivity index is 3.56. The number of aliphatic hydroxyl groups excluding tert-OH is 2. The minimum absolute atomic E-state index is 0.0799. The number of nitrogens with one attached hydrogen (secondary N) is 1. The van der Waals surface area contributed by atoms with Crippen LogP contribution in [0.25, 0.3) is 0 Å². The van der Waals surface area contributed by atoms with Crippen molar-refractivity contribution in [2.75, 3.05) is 6.61 Å². The Labute approximate surface area is 517 Å². The van der Waals surface area contributed by atoms with Gasteiger partial charge in [-0.05, 0) is 109 Å². The van der Waals surface area contributed by atoms with Gasteiger partial charge in [-0.2, -0.15) is 0 Å². The predicted molar refractivity (Wildman–Crippen MR) is 372 cm³/mol. The second-order valence-electron chi connectivity index (χ2n) is 23.9. The van der Waals surface area contributed by atoms with E-state index in [1.165, 1.54) is 231 Å². The Morgan fingerprint density at radius 1 is 0.301 bits per heavy atom. The van der Waals surface area contributed by atoms with Crippen LogP contribution in [0.15, 0.2) is 134 Å². The Morgan fingerprint density at radius 3 is 0.843 bits per heavy atom. The molecular formula is C79H137NO3. The van der Waals surface area contributed by atoms with Gasteiger partial charge < -0.3 is 15.5 Å². The van der Waals surface area contributed by atoms with Gasteiger partial charge in [0.1, 0.15) is 0 Å². The molecule has 0 rings (SSSR count). The summed E-state index contributed by atoms with van der Waals surface area (Å²) in [6, 6.07) is -0.656. The van der Waals surface area contributed by atoms with Crippen molar-refractivity contribution in [1.29, 1.82) is 0 Å². The summed E-state index contributed by atoms with van der Waals surface area (Å²) in [7, 11) is 0. The van der Waals surface area contributed by atoms with E-state index in [4.69, 9.17) is 0 Å². The number of hydrogen-bond acceptors (Lipinski definition) is 3. The summed E-state index contributed by atoms with van der Waals surface area (Å²) in [6.07, 6.45) is 113. The largest absolute Gasteiger partial charge is 0.394 e. The quantitative estimate of drug-likeness (QED) is 0.0420. The monoisotopic (exact) mass is 1150 g/mol. The van der Waals surface area contributed by atoms with E-state index in [9.17, 15) is 15.0 Å². The number of allylic oxidation sites excluding steroid dienone is 21. The van der Waals surface area contributed by atoms with Crippen molar-refractivity contribution in [2.45, 2.75) is 353 Å². The SMILES string of the molecule is CC/C=C\C/C=C\C/C=C\C/C=C\C/C=C\C/C=C\C/C=C\C/C=C\CCCCCCCCCCCCCCCCC(=O)NC(CO)C(O)/C=C/CC/C=C/CC/C=C/CCCCCCCCCCCCCCCCCCCCCCCC. The zero-order valence-corrected chi connectivity index (χ0v) is 54.9. The molecule has 4 nitrogen and oxygen atoms in total. The molecule has 0 heterocycles. The molecule has 0 fully saturated rings. The molecule has 0 aliphatic heterocycles. The molecule has 1 amide bonds. The van der Waals surface area contributed by atoms with Crippen molar-refractivity contribution >= 4 is 5.91 Å². The van der Waals surface area contributed by atoms with Crippen molar-refractivity contribution in [3.63, 3.8) is 0 Å². The van der Waals surface area contributed by atoms with E-state index in [-0.39, 0.29) is 12.5 Å². The van der Waals surface area contributed by atoms with Crippen LogP contribution in [0.3, 0.4) is 0 Å². The van der Waals surface area contributed by atoms with Gasteiger partial charge in [-0.25, -0.2) is 0 Å². The molecule has 0 saturated carbocycles. The van der Waals surface area contributed by atoms with Crippen molar-refractivity contribution in [1.82, 2.24) is 5.32 Å². The maximum atomic E-state index is 12.5. The van der Waals surface area contributed by atoms with Gasteiger partial charge in [0.15, 0.2) is 0 Å². The van der Waals surface area contributed by atoms with Gasteiger partial charge in [-0.3, -0.25) is 4.79 Å². The summed E-state index contributed by atoms with van der Waals surface area (Å²) in [5.74, 6) is -0.0799. The number of hydrogen-bond donors (Lipinski definition) is 3. The van der Waals surface area contributed by atoms with Gasteiger partial charge in [0.2, 0.25) is 5.91 Å². The van der Waals surface area contributed by atoms with Gasteiger partial charge in [0.05, 0.1) is 18.8 Å². The topological polar surface area (TPSA) is 69.6 Å². The molecule has 476 valence electrons.